The van der Waals surface area contributed by atoms with Gasteiger partial charge in [0.2, 0.25) is 0 Å². The minimum absolute atomic E-state index is 0.0221. The molecule has 0 aliphatic carbocycles. The molecule has 1 saturated heterocycles. The van der Waals surface area contributed by atoms with E-state index in [0.29, 0.717) is 36.7 Å². The van der Waals surface area contributed by atoms with Crippen LogP contribution >= 0.6 is 11.6 Å². The minimum atomic E-state index is -0.833. The summed E-state index contributed by atoms with van der Waals surface area (Å²) in [4.78, 5) is 32.2. The molecule has 3 rings (SSSR count). The van der Waals surface area contributed by atoms with Gasteiger partial charge in [0.1, 0.15) is 11.4 Å². The normalized spacial score (nSPS) is 16.2. The molecule has 0 spiro atoms. The molecule has 31 heavy (non-hydrogen) atoms. The Bertz CT molecular complexity index is 968. The van der Waals surface area contributed by atoms with Crippen LogP contribution in [0.2, 0.25) is 5.02 Å². The third-order valence-corrected chi connectivity index (χ3v) is 5.34. The van der Waals surface area contributed by atoms with Crippen LogP contribution in [-0.4, -0.2) is 65.4 Å². The lowest BCUT2D eigenvalue weighted by molar-refractivity contribution is -0.138. The van der Waals surface area contributed by atoms with E-state index in [4.69, 9.17) is 26.4 Å². The largest absolute Gasteiger partial charge is 0.480 e. The summed E-state index contributed by atoms with van der Waals surface area (Å²) in [6.07, 6.45) is -0.497. The van der Waals surface area contributed by atoms with E-state index in [-0.39, 0.29) is 12.6 Å². The van der Waals surface area contributed by atoms with Gasteiger partial charge in [-0.1, -0.05) is 23.7 Å². The number of hydrogen-bond acceptors (Lipinski definition) is 6. The lowest BCUT2D eigenvalue weighted by Gasteiger charge is -2.36. The molecule has 9 heteroatoms. The number of amides is 1. The van der Waals surface area contributed by atoms with Gasteiger partial charge in [-0.05, 0) is 39.8 Å². The minimum Gasteiger partial charge on any atom is -0.480 e. The van der Waals surface area contributed by atoms with Crippen molar-refractivity contribution < 1.29 is 19.4 Å². The monoisotopic (exact) mass is 448 g/mol. The number of carboxylic acids is 1. The van der Waals surface area contributed by atoms with Crippen LogP contribution in [0.15, 0.2) is 24.3 Å². The van der Waals surface area contributed by atoms with Crippen molar-refractivity contribution in [2.45, 2.75) is 39.3 Å². The summed E-state index contributed by atoms with van der Waals surface area (Å²) in [6.45, 7) is 9.85. The molecule has 1 aromatic carbocycles. The number of carbonyl (C=O) groups excluding carboxylic acids is 1. The lowest BCUT2D eigenvalue weighted by atomic mass is 10.0. The van der Waals surface area contributed by atoms with Gasteiger partial charge in [0.15, 0.2) is 0 Å². The van der Waals surface area contributed by atoms with Gasteiger partial charge >= 0.3 is 12.1 Å². The summed E-state index contributed by atoms with van der Waals surface area (Å²) >= 11 is 6.39. The molecule has 1 aromatic heterocycles. The van der Waals surface area contributed by atoms with Crippen molar-refractivity contribution in [3.05, 3.63) is 34.9 Å². The number of nitrogens with one attached hydrogen (secondary N) is 1. The second-order valence-electron chi connectivity index (χ2n) is 8.74. The maximum Gasteiger partial charge on any atom is 0.408 e. The number of piperazine rings is 1. The zero-order chi connectivity index (χ0) is 22.8. The summed E-state index contributed by atoms with van der Waals surface area (Å²) < 4.78 is 5.41. The molecule has 1 unspecified atom stereocenters. The number of benzene rings is 1. The Morgan fingerprint density at radius 2 is 1.94 bits per heavy atom. The van der Waals surface area contributed by atoms with Crippen molar-refractivity contribution in [3.8, 4) is 0 Å². The summed E-state index contributed by atoms with van der Waals surface area (Å²) in [7, 11) is 0. The third-order valence-electron chi connectivity index (χ3n) is 5.04. The molecule has 1 atom stereocenters. The number of carboxylic acid groups (broad SMARTS) is 1. The quantitative estimate of drug-likeness (QED) is 0.720. The zero-order valence-corrected chi connectivity index (χ0v) is 19.1. The molecule has 1 aliphatic rings. The van der Waals surface area contributed by atoms with Gasteiger partial charge < -0.3 is 20.1 Å². The van der Waals surface area contributed by atoms with Crippen LogP contribution in [0.4, 0.5) is 10.6 Å². The standard InChI is InChI=1S/C22H29ClN4O4/c1-14(24-21(30)31-22(2,3)4)16-12-15-6-5-7-17(23)19(15)25-20(16)27-10-8-26(9-11-27)13-18(28)29/h5-7,12,14H,8-11,13H2,1-4H3,(H,24,30)(H,28,29). The Kier molecular flexibility index (Phi) is 6.91. The van der Waals surface area contributed by atoms with E-state index in [0.717, 1.165) is 16.8 Å². The summed E-state index contributed by atoms with van der Waals surface area (Å²) in [5, 5.41) is 13.4. The van der Waals surface area contributed by atoms with E-state index in [2.05, 4.69) is 10.2 Å². The van der Waals surface area contributed by atoms with Crippen molar-refractivity contribution >= 4 is 40.4 Å². The fraction of sp³-hybridized carbons (Fsp3) is 0.500. The van der Waals surface area contributed by atoms with Crippen LogP contribution in [-0.2, 0) is 9.53 Å². The van der Waals surface area contributed by atoms with Crippen LogP contribution in [0.1, 0.15) is 39.3 Å². The Morgan fingerprint density at radius 1 is 1.26 bits per heavy atom. The van der Waals surface area contributed by atoms with E-state index in [1.54, 1.807) is 6.07 Å². The number of carbonyl (C=O) groups is 2. The van der Waals surface area contributed by atoms with Gasteiger partial charge in [0.25, 0.3) is 0 Å². The number of aliphatic carboxylic acids is 1. The number of halogens is 1. The SMILES string of the molecule is CC(NC(=O)OC(C)(C)C)c1cc2cccc(Cl)c2nc1N1CCN(CC(=O)O)CC1. The highest BCUT2D eigenvalue weighted by atomic mass is 35.5. The predicted molar refractivity (Wildman–Crippen MR) is 121 cm³/mol. The second kappa shape index (κ2) is 9.28. The number of ether oxygens (including phenoxy) is 1. The van der Waals surface area contributed by atoms with Crippen LogP contribution in [0.25, 0.3) is 10.9 Å². The molecule has 2 aromatic rings. The summed E-state index contributed by atoms with van der Waals surface area (Å²) in [6, 6.07) is 7.25. The van der Waals surface area contributed by atoms with E-state index in [1.807, 2.05) is 50.8 Å². The maximum atomic E-state index is 12.3. The van der Waals surface area contributed by atoms with Crippen molar-refractivity contribution in [2.75, 3.05) is 37.6 Å². The molecule has 0 saturated carbocycles. The van der Waals surface area contributed by atoms with Gasteiger partial charge in [-0.2, -0.15) is 0 Å². The highest BCUT2D eigenvalue weighted by molar-refractivity contribution is 6.35. The van der Waals surface area contributed by atoms with Gasteiger partial charge in [0.05, 0.1) is 23.1 Å². The van der Waals surface area contributed by atoms with E-state index in [9.17, 15) is 9.59 Å². The first-order valence-corrected chi connectivity index (χ1v) is 10.7. The predicted octanol–water partition coefficient (Wildman–Crippen LogP) is 3.68. The lowest BCUT2D eigenvalue weighted by Crippen LogP contribution is -2.48. The Hall–Kier alpha value is -2.58. The first kappa shape index (κ1) is 23.1. The zero-order valence-electron chi connectivity index (χ0n) is 18.3. The van der Waals surface area contributed by atoms with Crippen LogP contribution in [0.3, 0.4) is 0 Å². The smallest absolute Gasteiger partial charge is 0.408 e. The molecule has 0 radical (unpaired) electrons. The average molecular weight is 449 g/mol. The molecule has 168 valence electrons. The molecule has 1 aliphatic heterocycles. The summed E-state index contributed by atoms with van der Waals surface area (Å²) in [5.41, 5.74) is 0.954. The van der Waals surface area contributed by atoms with E-state index >= 15 is 0 Å². The van der Waals surface area contributed by atoms with Crippen LogP contribution < -0.4 is 10.2 Å². The average Bonchev–Trinajstić information content (AvgIpc) is 2.66. The Balaban J connectivity index is 1.90. The van der Waals surface area contributed by atoms with E-state index < -0.39 is 17.7 Å². The maximum absolute atomic E-state index is 12.3. The van der Waals surface area contributed by atoms with Gasteiger partial charge in [-0.3, -0.25) is 9.69 Å². The first-order valence-electron chi connectivity index (χ1n) is 10.3. The molecule has 8 nitrogen and oxygen atoms in total. The third kappa shape index (κ3) is 5.98. The molecular formula is C22H29ClN4O4. The molecule has 1 amide bonds. The molecule has 1 fully saturated rings. The molecule has 2 heterocycles. The first-order chi connectivity index (χ1) is 14.5. The fourth-order valence-electron chi connectivity index (χ4n) is 3.61. The summed E-state index contributed by atoms with van der Waals surface area (Å²) in [5.74, 6) is -0.0981. The topological polar surface area (TPSA) is 95.0 Å². The molecule has 0 bridgehead atoms. The van der Waals surface area contributed by atoms with Crippen LogP contribution in [0, 0.1) is 0 Å². The van der Waals surface area contributed by atoms with Crippen molar-refractivity contribution in [3.63, 3.8) is 0 Å². The molecule has 2 N–H and O–H groups in total. The van der Waals surface area contributed by atoms with Gasteiger partial charge in [0, 0.05) is 37.1 Å². The Labute approximate surface area is 187 Å². The van der Waals surface area contributed by atoms with Crippen molar-refractivity contribution in [2.24, 2.45) is 0 Å². The number of alkyl carbamates (subject to hydrolysis) is 1. The van der Waals surface area contributed by atoms with Crippen LogP contribution in [0.5, 0.6) is 0 Å². The highest BCUT2D eigenvalue weighted by Crippen LogP contribution is 2.32. The van der Waals surface area contributed by atoms with Gasteiger partial charge in [-0.25, -0.2) is 9.78 Å². The number of nitrogens with zero attached hydrogens (tertiary/aromatic N) is 3. The molecular weight excluding hydrogens is 420 g/mol. The van der Waals surface area contributed by atoms with E-state index in [1.165, 1.54) is 0 Å². The number of aromatic nitrogens is 1. The Morgan fingerprint density at radius 3 is 2.55 bits per heavy atom. The number of rotatable bonds is 5. The number of pyridine rings is 1. The van der Waals surface area contributed by atoms with Crippen molar-refractivity contribution in [1.82, 2.24) is 15.2 Å². The number of fused-ring (bicyclic) bond motifs is 1. The fourth-order valence-corrected chi connectivity index (χ4v) is 3.84. The highest BCUT2D eigenvalue weighted by Gasteiger charge is 2.26. The second-order valence-corrected chi connectivity index (χ2v) is 9.14. The van der Waals surface area contributed by atoms with Crippen molar-refractivity contribution in [1.29, 1.82) is 0 Å². The van der Waals surface area contributed by atoms with Gasteiger partial charge in [-0.15, -0.1) is 0 Å². The number of anilines is 1. The number of hydrogen-bond donors (Lipinski definition) is 2. The number of para-hydroxylation sites is 1.